The number of anilines is 1. The standard InChI is InChI=1S/C23H21Cl2N5/c24-21-7-6-17(8-22(21)25)20-15-30(13-16-4-2-1-3-5-16)14-18(20)10-28-23-12-27-19(9-26)11-29-23/h1-8,11-12,18,20H,10,13-15H2,(H,28,29). The second kappa shape index (κ2) is 9.44. The lowest BCUT2D eigenvalue weighted by Crippen LogP contribution is -2.23. The fraction of sp³-hybridized carbons (Fsp3) is 0.261. The number of nitrogens with one attached hydrogen (secondary N) is 1. The monoisotopic (exact) mass is 437 g/mol. The van der Waals surface area contributed by atoms with Gasteiger partial charge in [-0.25, -0.2) is 9.97 Å². The number of nitriles is 1. The van der Waals surface area contributed by atoms with E-state index in [1.165, 1.54) is 17.3 Å². The molecular formula is C23H21Cl2N5. The van der Waals surface area contributed by atoms with Crippen molar-refractivity contribution in [1.82, 2.24) is 14.9 Å². The van der Waals surface area contributed by atoms with Crippen LogP contribution in [0.5, 0.6) is 0 Å². The Balaban J connectivity index is 1.50. The highest BCUT2D eigenvalue weighted by Gasteiger charge is 2.34. The lowest BCUT2D eigenvalue weighted by Gasteiger charge is -2.20. The number of benzene rings is 2. The molecule has 1 saturated heterocycles. The number of hydrogen-bond donors (Lipinski definition) is 1. The molecule has 0 bridgehead atoms. The third-order valence-electron chi connectivity index (χ3n) is 5.45. The number of aromatic nitrogens is 2. The first-order valence-electron chi connectivity index (χ1n) is 9.79. The molecule has 1 aliphatic heterocycles. The van der Waals surface area contributed by atoms with Gasteiger partial charge in [-0.05, 0) is 29.2 Å². The molecule has 30 heavy (non-hydrogen) atoms. The Morgan fingerprint density at radius 2 is 1.87 bits per heavy atom. The van der Waals surface area contributed by atoms with Crippen LogP contribution >= 0.6 is 23.2 Å². The first-order chi connectivity index (χ1) is 14.6. The molecule has 1 fully saturated rings. The summed E-state index contributed by atoms with van der Waals surface area (Å²) in [6.07, 6.45) is 3.08. The van der Waals surface area contributed by atoms with Gasteiger partial charge in [-0.15, -0.1) is 0 Å². The maximum absolute atomic E-state index is 8.89. The molecule has 0 saturated carbocycles. The number of rotatable bonds is 6. The number of likely N-dealkylation sites (tertiary alicyclic amines) is 1. The summed E-state index contributed by atoms with van der Waals surface area (Å²) in [5.41, 5.74) is 2.80. The topological polar surface area (TPSA) is 64.8 Å². The summed E-state index contributed by atoms with van der Waals surface area (Å²) in [5, 5.41) is 13.4. The van der Waals surface area contributed by atoms with Crippen molar-refractivity contribution in [3.05, 3.63) is 87.8 Å². The zero-order valence-electron chi connectivity index (χ0n) is 16.3. The fourth-order valence-electron chi connectivity index (χ4n) is 3.97. The average molecular weight is 438 g/mol. The molecule has 2 atom stereocenters. The molecule has 0 amide bonds. The van der Waals surface area contributed by atoms with E-state index in [0.717, 1.165) is 26.2 Å². The summed E-state index contributed by atoms with van der Waals surface area (Å²) >= 11 is 12.4. The molecule has 7 heteroatoms. The molecule has 1 aliphatic rings. The highest BCUT2D eigenvalue weighted by molar-refractivity contribution is 6.42. The Bertz CT molecular complexity index is 1030. The molecule has 2 unspecified atom stereocenters. The van der Waals surface area contributed by atoms with Crippen molar-refractivity contribution in [2.45, 2.75) is 12.5 Å². The highest BCUT2D eigenvalue weighted by atomic mass is 35.5. The van der Waals surface area contributed by atoms with E-state index in [0.29, 0.717) is 33.4 Å². The van der Waals surface area contributed by atoms with Gasteiger partial charge in [-0.2, -0.15) is 5.26 Å². The molecule has 3 aromatic rings. The Morgan fingerprint density at radius 3 is 2.57 bits per heavy atom. The largest absolute Gasteiger partial charge is 0.368 e. The minimum Gasteiger partial charge on any atom is -0.368 e. The Morgan fingerprint density at radius 1 is 1.03 bits per heavy atom. The molecule has 2 heterocycles. The zero-order chi connectivity index (χ0) is 20.9. The third kappa shape index (κ3) is 4.91. The maximum Gasteiger partial charge on any atom is 0.158 e. The molecule has 5 nitrogen and oxygen atoms in total. The Kier molecular flexibility index (Phi) is 6.49. The SMILES string of the molecule is N#Cc1cnc(NCC2CN(Cc3ccccc3)CC2c2ccc(Cl)c(Cl)c2)cn1. The van der Waals surface area contributed by atoms with Gasteiger partial charge < -0.3 is 5.32 Å². The molecule has 0 spiro atoms. The summed E-state index contributed by atoms with van der Waals surface area (Å²) in [6, 6.07) is 18.4. The zero-order valence-corrected chi connectivity index (χ0v) is 17.8. The normalized spacial score (nSPS) is 18.8. The van der Waals surface area contributed by atoms with Crippen LogP contribution in [-0.2, 0) is 6.54 Å². The van der Waals surface area contributed by atoms with Crippen molar-refractivity contribution in [1.29, 1.82) is 5.26 Å². The van der Waals surface area contributed by atoms with Crippen LogP contribution in [0.2, 0.25) is 10.0 Å². The predicted octanol–water partition coefficient (Wildman–Crippen LogP) is 4.98. The van der Waals surface area contributed by atoms with Gasteiger partial charge in [0.1, 0.15) is 11.9 Å². The first-order valence-corrected chi connectivity index (χ1v) is 10.5. The van der Waals surface area contributed by atoms with Crippen LogP contribution in [0.4, 0.5) is 5.82 Å². The number of halogens is 2. The second-order valence-electron chi connectivity index (χ2n) is 7.50. The number of hydrogen-bond acceptors (Lipinski definition) is 5. The summed E-state index contributed by atoms with van der Waals surface area (Å²) in [6.45, 7) is 3.55. The molecule has 152 valence electrons. The van der Waals surface area contributed by atoms with Gasteiger partial charge in [-0.1, -0.05) is 59.6 Å². The van der Waals surface area contributed by atoms with E-state index in [-0.39, 0.29) is 0 Å². The summed E-state index contributed by atoms with van der Waals surface area (Å²) in [4.78, 5) is 10.8. The smallest absolute Gasteiger partial charge is 0.158 e. The lowest BCUT2D eigenvalue weighted by molar-refractivity contribution is 0.317. The molecular weight excluding hydrogens is 417 g/mol. The number of nitrogens with zero attached hydrogens (tertiary/aromatic N) is 4. The van der Waals surface area contributed by atoms with Crippen LogP contribution in [0.25, 0.3) is 0 Å². The van der Waals surface area contributed by atoms with Crippen molar-refractivity contribution in [3.63, 3.8) is 0 Å². The fourth-order valence-corrected chi connectivity index (χ4v) is 4.28. The molecule has 1 N–H and O–H groups in total. The second-order valence-corrected chi connectivity index (χ2v) is 8.31. The molecule has 2 aromatic carbocycles. The van der Waals surface area contributed by atoms with Crippen molar-refractivity contribution in [2.24, 2.45) is 5.92 Å². The Hall–Kier alpha value is -2.65. The van der Waals surface area contributed by atoms with Crippen molar-refractivity contribution >= 4 is 29.0 Å². The van der Waals surface area contributed by atoms with E-state index in [2.05, 4.69) is 50.5 Å². The molecule has 0 aliphatic carbocycles. The van der Waals surface area contributed by atoms with E-state index in [4.69, 9.17) is 28.5 Å². The predicted molar refractivity (Wildman–Crippen MR) is 120 cm³/mol. The van der Waals surface area contributed by atoms with Gasteiger partial charge in [0.2, 0.25) is 0 Å². The third-order valence-corrected chi connectivity index (χ3v) is 6.19. The van der Waals surface area contributed by atoms with Gasteiger partial charge in [0, 0.05) is 32.1 Å². The van der Waals surface area contributed by atoms with Crippen LogP contribution in [-0.4, -0.2) is 34.5 Å². The van der Waals surface area contributed by atoms with Crippen LogP contribution in [0.3, 0.4) is 0 Å². The van der Waals surface area contributed by atoms with Crippen molar-refractivity contribution < 1.29 is 0 Å². The van der Waals surface area contributed by atoms with E-state index in [1.807, 2.05) is 24.3 Å². The van der Waals surface area contributed by atoms with Gasteiger partial charge >= 0.3 is 0 Å². The minimum atomic E-state index is 0.309. The summed E-state index contributed by atoms with van der Waals surface area (Å²) < 4.78 is 0. The van der Waals surface area contributed by atoms with Crippen LogP contribution in [0, 0.1) is 17.2 Å². The van der Waals surface area contributed by atoms with Gasteiger partial charge in [0.25, 0.3) is 0 Å². The van der Waals surface area contributed by atoms with E-state index < -0.39 is 0 Å². The van der Waals surface area contributed by atoms with Gasteiger partial charge in [-0.3, -0.25) is 4.90 Å². The molecule has 1 aromatic heterocycles. The quantitative estimate of drug-likeness (QED) is 0.588. The maximum atomic E-state index is 8.89. The van der Waals surface area contributed by atoms with Gasteiger partial charge in [0.15, 0.2) is 5.69 Å². The summed E-state index contributed by atoms with van der Waals surface area (Å²) in [5.74, 6) is 1.36. The van der Waals surface area contributed by atoms with E-state index in [9.17, 15) is 0 Å². The average Bonchev–Trinajstić information content (AvgIpc) is 3.18. The lowest BCUT2D eigenvalue weighted by atomic mass is 9.89. The molecule has 4 rings (SSSR count). The van der Waals surface area contributed by atoms with Crippen LogP contribution in [0.1, 0.15) is 22.7 Å². The van der Waals surface area contributed by atoms with Crippen LogP contribution < -0.4 is 5.32 Å². The van der Waals surface area contributed by atoms with Crippen molar-refractivity contribution in [3.8, 4) is 6.07 Å². The Labute approximate surface area is 186 Å². The van der Waals surface area contributed by atoms with Crippen molar-refractivity contribution in [2.75, 3.05) is 25.0 Å². The van der Waals surface area contributed by atoms with Crippen LogP contribution in [0.15, 0.2) is 60.9 Å². The van der Waals surface area contributed by atoms with E-state index >= 15 is 0 Å². The first kappa shape index (κ1) is 20.6. The van der Waals surface area contributed by atoms with E-state index in [1.54, 1.807) is 6.20 Å². The van der Waals surface area contributed by atoms with Gasteiger partial charge in [0.05, 0.1) is 22.4 Å². The minimum absolute atomic E-state index is 0.309. The summed E-state index contributed by atoms with van der Waals surface area (Å²) in [7, 11) is 0. The molecule has 0 radical (unpaired) electrons. The highest BCUT2D eigenvalue weighted by Crippen LogP contribution is 2.36.